The fourth-order valence-corrected chi connectivity index (χ4v) is 4.09. The van der Waals surface area contributed by atoms with Gasteiger partial charge in [-0.1, -0.05) is 23.5 Å². The first-order valence-corrected chi connectivity index (χ1v) is 9.57. The van der Waals surface area contributed by atoms with Crippen LogP contribution < -0.4 is 9.64 Å². The number of ether oxygens (including phenoxy) is 2. The zero-order valence-electron chi connectivity index (χ0n) is 15.3. The predicted octanol–water partition coefficient (Wildman–Crippen LogP) is 4.20. The van der Waals surface area contributed by atoms with Crippen LogP contribution in [0.15, 0.2) is 42.5 Å². The number of thiazole rings is 1. The fraction of sp³-hybridized carbons (Fsp3) is 0.250. The molecule has 4 rings (SSSR count). The lowest BCUT2D eigenvalue weighted by atomic mass is 9.97. The molecule has 1 atom stereocenters. The highest BCUT2D eigenvalue weighted by Gasteiger charge is 2.48. The van der Waals surface area contributed by atoms with Crippen LogP contribution in [0.2, 0.25) is 0 Å². The highest BCUT2D eigenvalue weighted by Crippen LogP contribution is 2.44. The molecule has 1 amide bonds. The quantitative estimate of drug-likeness (QED) is 0.614. The van der Waals surface area contributed by atoms with Crippen molar-refractivity contribution in [2.75, 3.05) is 11.5 Å². The minimum absolute atomic E-state index is 0.215. The van der Waals surface area contributed by atoms with E-state index in [9.17, 15) is 14.0 Å². The third-order valence-electron chi connectivity index (χ3n) is 4.41. The van der Waals surface area contributed by atoms with Crippen LogP contribution in [-0.2, 0) is 14.3 Å². The molecule has 0 saturated heterocycles. The summed E-state index contributed by atoms with van der Waals surface area (Å²) in [6, 6.07) is 11.3. The van der Waals surface area contributed by atoms with Gasteiger partial charge >= 0.3 is 5.97 Å². The van der Waals surface area contributed by atoms with E-state index in [0.29, 0.717) is 22.1 Å². The van der Waals surface area contributed by atoms with Crippen molar-refractivity contribution in [3.8, 4) is 5.75 Å². The summed E-state index contributed by atoms with van der Waals surface area (Å²) in [5, 5.41) is 0.386. The Kier molecular flexibility index (Phi) is 4.50. The van der Waals surface area contributed by atoms with Crippen LogP contribution >= 0.6 is 11.3 Å². The average molecular weight is 400 g/mol. The standard InChI is InChI=1S/C20H17FN2O4S/c1-3-26-17(24)11-20(2)18(25)23(14-6-4-5-7-15(14)27-20)19-22-13-10-12(21)8-9-16(13)28-19/h4-10H,3,11H2,1-2H3. The first kappa shape index (κ1) is 18.4. The third kappa shape index (κ3) is 3.09. The monoisotopic (exact) mass is 400 g/mol. The summed E-state index contributed by atoms with van der Waals surface area (Å²) in [7, 11) is 0. The molecular formula is C20H17FN2O4S. The number of carbonyl (C=O) groups excluding carboxylic acids is 2. The molecular weight excluding hydrogens is 383 g/mol. The number of rotatable bonds is 4. The Morgan fingerprint density at radius 2 is 2.11 bits per heavy atom. The molecule has 1 aliphatic heterocycles. The van der Waals surface area contributed by atoms with Crippen molar-refractivity contribution in [1.82, 2.24) is 4.98 Å². The lowest BCUT2D eigenvalue weighted by Crippen LogP contribution is -2.53. The predicted molar refractivity (Wildman–Crippen MR) is 103 cm³/mol. The van der Waals surface area contributed by atoms with E-state index >= 15 is 0 Å². The van der Waals surface area contributed by atoms with E-state index in [1.165, 1.54) is 28.4 Å². The molecule has 6 nitrogen and oxygen atoms in total. The van der Waals surface area contributed by atoms with Crippen molar-refractivity contribution in [1.29, 1.82) is 0 Å². The molecule has 1 aliphatic rings. The van der Waals surface area contributed by atoms with E-state index in [1.807, 2.05) is 0 Å². The minimum atomic E-state index is -1.44. The smallest absolute Gasteiger partial charge is 0.310 e. The summed E-state index contributed by atoms with van der Waals surface area (Å²) in [4.78, 5) is 31.3. The Labute approximate surface area is 164 Å². The van der Waals surface area contributed by atoms with Crippen molar-refractivity contribution in [3.63, 3.8) is 0 Å². The molecule has 2 heterocycles. The van der Waals surface area contributed by atoms with Crippen LogP contribution in [0.5, 0.6) is 5.75 Å². The van der Waals surface area contributed by atoms with Gasteiger partial charge in [-0.25, -0.2) is 14.3 Å². The number of para-hydroxylation sites is 2. The summed E-state index contributed by atoms with van der Waals surface area (Å²) >= 11 is 1.27. The molecule has 0 radical (unpaired) electrons. The normalized spacial score (nSPS) is 18.7. The van der Waals surface area contributed by atoms with Crippen molar-refractivity contribution in [3.05, 3.63) is 48.3 Å². The molecule has 1 aromatic heterocycles. The molecule has 0 saturated carbocycles. The first-order chi connectivity index (χ1) is 13.4. The van der Waals surface area contributed by atoms with Crippen LogP contribution in [0.4, 0.5) is 15.2 Å². The van der Waals surface area contributed by atoms with Gasteiger partial charge < -0.3 is 9.47 Å². The third-order valence-corrected chi connectivity index (χ3v) is 5.44. The largest absolute Gasteiger partial charge is 0.475 e. The first-order valence-electron chi connectivity index (χ1n) is 8.75. The SMILES string of the molecule is CCOC(=O)CC1(C)Oc2ccccc2N(c2nc3cc(F)ccc3s2)C1=O. The summed E-state index contributed by atoms with van der Waals surface area (Å²) in [6.45, 7) is 3.47. The number of nitrogens with zero attached hydrogens (tertiary/aromatic N) is 2. The van der Waals surface area contributed by atoms with Crippen LogP contribution in [-0.4, -0.2) is 29.1 Å². The van der Waals surface area contributed by atoms with Crippen molar-refractivity contribution in [2.24, 2.45) is 0 Å². The van der Waals surface area contributed by atoms with Gasteiger partial charge in [-0.05, 0) is 38.1 Å². The number of esters is 1. The fourth-order valence-electron chi connectivity index (χ4n) is 3.13. The Bertz CT molecular complexity index is 1080. The molecule has 28 heavy (non-hydrogen) atoms. The van der Waals surface area contributed by atoms with Gasteiger partial charge in [-0.15, -0.1) is 0 Å². The number of hydrogen-bond acceptors (Lipinski definition) is 6. The molecule has 1 unspecified atom stereocenters. The number of aromatic nitrogens is 1. The summed E-state index contributed by atoms with van der Waals surface area (Å²) < 4.78 is 25.2. The van der Waals surface area contributed by atoms with Gasteiger partial charge in [0.05, 0.1) is 28.9 Å². The average Bonchev–Trinajstić information content (AvgIpc) is 3.05. The number of anilines is 2. The van der Waals surface area contributed by atoms with Crippen LogP contribution in [0.1, 0.15) is 20.3 Å². The van der Waals surface area contributed by atoms with Gasteiger partial charge in [0.2, 0.25) is 0 Å². The Morgan fingerprint density at radius 1 is 1.32 bits per heavy atom. The van der Waals surface area contributed by atoms with E-state index in [0.717, 1.165) is 4.70 Å². The second-order valence-corrected chi connectivity index (χ2v) is 7.54. The Balaban J connectivity index is 1.81. The van der Waals surface area contributed by atoms with Crippen LogP contribution in [0, 0.1) is 5.82 Å². The minimum Gasteiger partial charge on any atom is -0.475 e. The number of hydrogen-bond donors (Lipinski definition) is 0. The highest BCUT2D eigenvalue weighted by atomic mass is 32.1. The number of fused-ring (bicyclic) bond motifs is 2. The molecule has 0 aliphatic carbocycles. The van der Waals surface area contributed by atoms with Crippen molar-refractivity contribution in [2.45, 2.75) is 25.9 Å². The summed E-state index contributed by atoms with van der Waals surface area (Å²) in [5.74, 6) is -0.896. The Hall–Kier alpha value is -3.00. The van der Waals surface area contributed by atoms with Gasteiger partial charge in [-0.2, -0.15) is 0 Å². The molecule has 8 heteroatoms. The lowest BCUT2D eigenvalue weighted by Gasteiger charge is -2.39. The van der Waals surface area contributed by atoms with Gasteiger partial charge in [0.15, 0.2) is 10.7 Å². The number of halogens is 1. The van der Waals surface area contributed by atoms with E-state index in [2.05, 4.69) is 4.98 Å². The highest BCUT2D eigenvalue weighted by molar-refractivity contribution is 7.22. The van der Waals surface area contributed by atoms with Gasteiger partial charge in [0.1, 0.15) is 11.6 Å². The molecule has 3 aromatic rings. The zero-order valence-corrected chi connectivity index (χ0v) is 16.1. The number of benzene rings is 2. The number of amides is 1. The van der Waals surface area contributed by atoms with E-state index < -0.39 is 23.3 Å². The van der Waals surface area contributed by atoms with Gasteiger partial charge in [0, 0.05) is 6.07 Å². The second kappa shape index (κ2) is 6.87. The summed E-state index contributed by atoms with van der Waals surface area (Å²) in [6.07, 6.45) is -0.232. The Morgan fingerprint density at radius 3 is 2.89 bits per heavy atom. The van der Waals surface area contributed by atoms with Crippen LogP contribution in [0.25, 0.3) is 10.2 Å². The second-order valence-electron chi connectivity index (χ2n) is 6.53. The maximum atomic E-state index is 13.6. The van der Waals surface area contributed by atoms with Crippen molar-refractivity contribution >= 4 is 44.2 Å². The van der Waals surface area contributed by atoms with E-state index in [4.69, 9.17) is 9.47 Å². The summed E-state index contributed by atoms with van der Waals surface area (Å²) in [5.41, 5.74) is -0.457. The molecule has 0 N–H and O–H groups in total. The maximum Gasteiger partial charge on any atom is 0.310 e. The molecule has 0 spiro atoms. The molecule has 0 bridgehead atoms. The number of carbonyl (C=O) groups is 2. The molecule has 2 aromatic carbocycles. The van der Waals surface area contributed by atoms with Crippen LogP contribution in [0.3, 0.4) is 0 Å². The lowest BCUT2D eigenvalue weighted by molar-refractivity contribution is -0.152. The zero-order chi connectivity index (χ0) is 19.9. The van der Waals surface area contributed by atoms with E-state index in [-0.39, 0.29) is 13.0 Å². The maximum absolute atomic E-state index is 13.6. The topological polar surface area (TPSA) is 68.7 Å². The molecule has 0 fully saturated rings. The van der Waals surface area contributed by atoms with Gasteiger partial charge in [-0.3, -0.25) is 9.59 Å². The van der Waals surface area contributed by atoms with E-state index in [1.54, 1.807) is 44.2 Å². The van der Waals surface area contributed by atoms with Gasteiger partial charge in [0.25, 0.3) is 5.91 Å². The molecule has 144 valence electrons. The van der Waals surface area contributed by atoms with Crippen molar-refractivity contribution < 1.29 is 23.5 Å².